The Hall–Kier alpha value is -1.96. The number of aryl methyl sites for hydroxylation is 1. The standard InChI is InChI=1S/C17H17O2/c1-19-16-11-5-10-15(17(16)18)14-9-4-7-12-6-2-3-8-13(12)14/h2-3,5-6,8,11,14,18H,4,7,9H2,1H3. The van der Waals surface area contributed by atoms with Crippen molar-refractivity contribution in [2.24, 2.45) is 0 Å². The summed E-state index contributed by atoms with van der Waals surface area (Å²) in [6.45, 7) is 0. The second-order valence-electron chi connectivity index (χ2n) is 4.95. The number of hydrogen-bond acceptors (Lipinski definition) is 2. The molecule has 1 N–H and O–H groups in total. The van der Waals surface area contributed by atoms with E-state index in [1.807, 2.05) is 6.07 Å². The average molecular weight is 253 g/mol. The van der Waals surface area contributed by atoms with E-state index in [1.165, 1.54) is 11.1 Å². The monoisotopic (exact) mass is 253 g/mol. The zero-order valence-corrected chi connectivity index (χ0v) is 11.0. The van der Waals surface area contributed by atoms with Crippen molar-refractivity contribution >= 4 is 0 Å². The van der Waals surface area contributed by atoms with Gasteiger partial charge >= 0.3 is 0 Å². The summed E-state index contributed by atoms with van der Waals surface area (Å²) in [6.07, 6.45) is 3.32. The SMILES string of the molecule is COc1cc[c]c(C2CCCc3ccccc32)c1O. The number of aromatic hydroxyl groups is 1. The van der Waals surface area contributed by atoms with Gasteiger partial charge in [-0.1, -0.05) is 30.3 Å². The highest BCUT2D eigenvalue weighted by Gasteiger charge is 2.24. The number of phenolic OH excluding ortho intramolecular Hbond substituents is 1. The Bertz CT molecular complexity index is 590. The number of phenols is 1. The Labute approximate surface area is 113 Å². The first kappa shape index (κ1) is 12.1. The van der Waals surface area contributed by atoms with Gasteiger partial charge in [-0.15, -0.1) is 0 Å². The van der Waals surface area contributed by atoms with Crippen LogP contribution in [-0.4, -0.2) is 12.2 Å². The molecule has 0 fully saturated rings. The van der Waals surface area contributed by atoms with Crippen LogP contribution in [0.3, 0.4) is 0 Å². The summed E-state index contributed by atoms with van der Waals surface area (Å²) in [4.78, 5) is 0. The van der Waals surface area contributed by atoms with E-state index in [0.29, 0.717) is 5.75 Å². The molecule has 0 saturated carbocycles. The summed E-state index contributed by atoms with van der Waals surface area (Å²) in [6, 6.07) is 15.2. The molecule has 2 aromatic carbocycles. The molecule has 2 heteroatoms. The molecule has 2 aromatic rings. The van der Waals surface area contributed by atoms with Crippen molar-refractivity contribution in [1.82, 2.24) is 0 Å². The second kappa shape index (κ2) is 4.96. The fraction of sp³-hybridized carbons (Fsp3) is 0.294. The number of benzene rings is 2. The van der Waals surface area contributed by atoms with Crippen LogP contribution in [0.25, 0.3) is 0 Å². The number of rotatable bonds is 2. The lowest BCUT2D eigenvalue weighted by Crippen LogP contribution is -2.11. The van der Waals surface area contributed by atoms with Crippen molar-refractivity contribution < 1.29 is 9.84 Å². The van der Waals surface area contributed by atoms with Gasteiger partial charge in [0.15, 0.2) is 11.5 Å². The number of methoxy groups -OCH3 is 1. The van der Waals surface area contributed by atoms with Crippen molar-refractivity contribution in [2.75, 3.05) is 7.11 Å². The fourth-order valence-electron chi connectivity index (χ4n) is 2.97. The van der Waals surface area contributed by atoms with Gasteiger partial charge in [-0.3, -0.25) is 0 Å². The highest BCUT2D eigenvalue weighted by atomic mass is 16.5. The quantitative estimate of drug-likeness (QED) is 0.884. The zero-order valence-electron chi connectivity index (χ0n) is 11.0. The first-order valence-corrected chi connectivity index (χ1v) is 6.66. The molecule has 2 nitrogen and oxygen atoms in total. The third-order valence-electron chi connectivity index (χ3n) is 3.90. The Kier molecular flexibility index (Phi) is 3.16. The smallest absolute Gasteiger partial charge is 0.162 e. The molecule has 0 bridgehead atoms. The number of hydrogen-bond donors (Lipinski definition) is 1. The van der Waals surface area contributed by atoms with Gasteiger partial charge in [0.05, 0.1) is 7.11 Å². The van der Waals surface area contributed by atoms with Crippen LogP contribution in [0.1, 0.15) is 35.4 Å². The minimum absolute atomic E-state index is 0.222. The summed E-state index contributed by atoms with van der Waals surface area (Å²) in [5, 5.41) is 10.3. The van der Waals surface area contributed by atoms with Gasteiger partial charge in [-0.05, 0) is 42.5 Å². The van der Waals surface area contributed by atoms with Crippen LogP contribution in [0.4, 0.5) is 0 Å². The van der Waals surface area contributed by atoms with Gasteiger partial charge in [0.2, 0.25) is 0 Å². The van der Waals surface area contributed by atoms with Gasteiger partial charge in [0, 0.05) is 11.5 Å². The van der Waals surface area contributed by atoms with Crippen molar-refractivity contribution in [2.45, 2.75) is 25.2 Å². The maximum atomic E-state index is 10.3. The highest BCUT2D eigenvalue weighted by molar-refractivity contribution is 5.51. The minimum atomic E-state index is 0.222. The molecule has 0 heterocycles. The molecular weight excluding hydrogens is 236 g/mol. The maximum Gasteiger partial charge on any atom is 0.162 e. The van der Waals surface area contributed by atoms with Crippen LogP contribution in [-0.2, 0) is 6.42 Å². The van der Waals surface area contributed by atoms with E-state index in [2.05, 4.69) is 30.3 Å². The first-order chi connectivity index (χ1) is 9.31. The molecule has 1 aliphatic rings. The lowest BCUT2D eigenvalue weighted by molar-refractivity contribution is 0.368. The summed E-state index contributed by atoms with van der Waals surface area (Å²) >= 11 is 0. The van der Waals surface area contributed by atoms with Gasteiger partial charge < -0.3 is 9.84 Å². The van der Waals surface area contributed by atoms with Gasteiger partial charge in [0.1, 0.15) is 0 Å². The molecule has 97 valence electrons. The molecule has 0 saturated heterocycles. The highest BCUT2D eigenvalue weighted by Crippen LogP contribution is 2.42. The molecular formula is C17H17O2. The van der Waals surface area contributed by atoms with Crippen LogP contribution in [0.15, 0.2) is 36.4 Å². The third kappa shape index (κ3) is 2.07. The predicted molar refractivity (Wildman–Crippen MR) is 74.7 cm³/mol. The van der Waals surface area contributed by atoms with E-state index in [0.717, 1.165) is 24.8 Å². The summed E-state index contributed by atoms with van der Waals surface area (Å²) < 4.78 is 5.19. The van der Waals surface area contributed by atoms with Crippen molar-refractivity contribution in [3.63, 3.8) is 0 Å². The van der Waals surface area contributed by atoms with Crippen LogP contribution in [0, 0.1) is 6.07 Å². The molecule has 1 atom stereocenters. The summed E-state index contributed by atoms with van der Waals surface area (Å²) in [7, 11) is 1.58. The van der Waals surface area contributed by atoms with E-state index in [1.54, 1.807) is 13.2 Å². The summed E-state index contributed by atoms with van der Waals surface area (Å²) in [5.74, 6) is 0.976. The Morgan fingerprint density at radius 2 is 2.11 bits per heavy atom. The van der Waals surface area contributed by atoms with Gasteiger partial charge in [-0.2, -0.15) is 0 Å². The van der Waals surface area contributed by atoms with E-state index in [-0.39, 0.29) is 11.7 Å². The number of ether oxygens (including phenoxy) is 1. The molecule has 19 heavy (non-hydrogen) atoms. The lowest BCUT2D eigenvalue weighted by atomic mass is 9.78. The molecule has 0 aromatic heterocycles. The van der Waals surface area contributed by atoms with Crippen molar-refractivity contribution in [3.05, 3.63) is 59.2 Å². The third-order valence-corrected chi connectivity index (χ3v) is 3.90. The zero-order chi connectivity index (χ0) is 13.2. The second-order valence-corrected chi connectivity index (χ2v) is 4.95. The minimum Gasteiger partial charge on any atom is -0.504 e. The van der Waals surface area contributed by atoms with Crippen LogP contribution >= 0.6 is 0 Å². The van der Waals surface area contributed by atoms with E-state index in [4.69, 9.17) is 4.74 Å². The molecule has 3 rings (SSSR count). The molecule has 1 radical (unpaired) electrons. The van der Waals surface area contributed by atoms with Gasteiger partial charge in [-0.25, -0.2) is 0 Å². The normalized spacial score (nSPS) is 17.8. The molecule has 0 spiro atoms. The fourth-order valence-corrected chi connectivity index (χ4v) is 2.97. The van der Waals surface area contributed by atoms with E-state index >= 15 is 0 Å². The molecule has 0 aliphatic heterocycles. The van der Waals surface area contributed by atoms with Crippen LogP contribution in [0.5, 0.6) is 11.5 Å². The van der Waals surface area contributed by atoms with E-state index < -0.39 is 0 Å². The first-order valence-electron chi connectivity index (χ1n) is 6.66. The number of fused-ring (bicyclic) bond motifs is 1. The topological polar surface area (TPSA) is 29.5 Å². The largest absolute Gasteiger partial charge is 0.504 e. The van der Waals surface area contributed by atoms with Crippen LogP contribution < -0.4 is 4.74 Å². The molecule has 1 unspecified atom stereocenters. The predicted octanol–water partition coefficient (Wildman–Crippen LogP) is 3.67. The van der Waals surface area contributed by atoms with Crippen molar-refractivity contribution in [3.8, 4) is 11.5 Å². The lowest BCUT2D eigenvalue weighted by Gasteiger charge is -2.26. The molecule has 0 amide bonds. The average Bonchev–Trinajstić information content (AvgIpc) is 2.47. The van der Waals surface area contributed by atoms with Crippen molar-refractivity contribution in [1.29, 1.82) is 0 Å². The summed E-state index contributed by atoms with van der Waals surface area (Å²) in [5.41, 5.74) is 3.55. The maximum absolute atomic E-state index is 10.3. The van der Waals surface area contributed by atoms with E-state index in [9.17, 15) is 5.11 Å². The Morgan fingerprint density at radius 3 is 2.95 bits per heavy atom. The Morgan fingerprint density at radius 1 is 1.26 bits per heavy atom. The van der Waals surface area contributed by atoms with Crippen LogP contribution in [0.2, 0.25) is 0 Å². The van der Waals surface area contributed by atoms with Gasteiger partial charge in [0.25, 0.3) is 0 Å². The Balaban J connectivity index is 2.09. The molecule has 1 aliphatic carbocycles.